The highest BCUT2D eigenvalue weighted by Crippen LogP contribution is 2.18. The molecule has 0 aliphatic rings. The Balaban J connectivity index is 1.75. The van der Waals surface area contributed by atoms with Crippen LogP contribution in [-0.4, -0.2) is 25.7 Å². The van der Waals surface area contributed by atoms with Gasteiger partial charge in [-0.1, -0.05) is 0 Å². The number of nitrogen functional groups attached to an aromatic ring is 1. The number of hydrogen-bond acceptors (Lipinski definition) is 4. The van der Waals surface area contributed by atoms with Crippen molar-refractivity contribution < 1.29 is 4.79 Å². The highest BCUT2D eigenvalue weighted by atomic mass is 16.1. The van der Waals surface area contributed by atoms with Crippen molar-refractivity contribution in [2.24, 2.45) is 0 Å². The number of anilines is 1. The van der Waals surface area contributed by atoms with Crippen LogP contribution in [0.25, 0.3) is 10.9 Å². The molecule has 0 bridgehead atoms. The van der Waals surface area contributed by atoms with Crippen molar-refractivity contribution in [3.63, 3.8) is 0 Å². The molecule has 2 heterocycles. The normalized spacial score (nSPS) is 10.9. The van der Waals surface area contributed by atoms with Crippen LogP contribution in [0.3, 0.4) is 0 Å². The van der Waals surface area contributed by atoms with Gasteiger partial charge in [-0.15, -0.1) is 10.2 Å². The summed E-state index contributed by atoms with van der Waals surface area (Å²) in [4.78, 5) is 15.2. The summed E-state index contributed by atoms with van der Waals surface area (Å²) in [7, 11) is 0. The first-order valence-corrected chi connectivity index (χ1v) is 6.70. The molecule has 3 aromatic rings. The quantitative estimate of drug-likeness (QED) is 0.628. The summed E-state index contributed by atoms with van der Waals surface area (Å²) in [5.41, 5.74) is 7.78. The highest BCUT2D eigenvalue weighted by molar-refractivity contribution is 5.98. The molecule has 108 valence electrons. The van der Waals surface area contributed by atoms with Crippen molar-refractivity contribution in [1.82, 2.24) is 25.1 Å². The van der Waals surface area contributed by atoms with Crippen LogP contribution < -0.4 is 11.1 Å². The van der Waals surface area contributed by atoms with Crippen LogP contribution in [0.5, 0.6) is 0 Å². The fourth-order valence-electron chi connectivity index (χ4n) is 2.21. The Morgan fingerprint density at radius 2 is 2.29 bits per heavy atom. The molecule has 1 aromatic carbocycles. The molecule has 7 heteroatoms. The number of rotatable bonds is 4. The molecule has 7 nitrogen and oxygen atoms in total. The van der Waals surface area contributed by atoms with Crippen LogP contribution in [0.4, 0.5) is 5.69 Å². The molecule has 3 rings (SSSR count). The molecule has 0 unspecified atom stereocenters. The second-order valence-corrected chi connectivity index (χ2v) is 4.75. The number of nitrogens with two attached hydrogens (primary N) is 1. The molecule has 0 aliphatic heterocycles. The Hall–Kier alpha value is -2.83. The van der Waals surface area contributed by atoms with Crippen molar-refractivity contribution in [3.05, 3.63) is 42.1 Å². The summed E-state index contributed by atoms with van der Waals surface area (Å²) in [5, 5.41) is 11.5. The smallest absolute Gasteiger partial charge is 0.268 e. The van der Waals surface area contributed by atoms with Crippen LogP contribution in [0.15, 0.2) is 30.6 Å². The SMILES string of the molecule is CCn1cnnc1CNC(=O)c1cc2cc(N)ccc2[nH]1. The molecule has 0 spiro atoms. The Kier molecular flexibility index (Phi) is 3.31. The van der Waals surface area contributed by atoms with Crippen LogP contribution in [0.1, 0.15) is 23.2 Å². The molecule has 0 radical (unpaired) electrons. The lowest BCUT2D eigenvalue weighted by Gasteiger charge is -2.04. The number of fused-ring (bicyclic) bond motifs is 1. The number of aromatic amines is 1. The van der Waals surface area contributed by atoms with E-state index in [1.807, 2.05) is 23.6 Å². The largest absolute Gasteiger partial charge is 0.399 e. The van der Waals surface area contributed by atoms with E-state index < -0.39 is 0 Å². The number of nitrogens with zero attached hydrogens (tertiary/aromatic N) is 3. The minimum Gasteiger partial charge on any atom is -0.399 e. The second-order valence-electron chi connectivity index (χ2n) is 4.75. The van der Waals surface area contributed by atoms with Gasteiger partial charge in [0.05, 0.1) is 6.54 Å². The fourth-order valence-corrected chi connectivity index (χ4v) is 2.21. The van der Waals surface area contributed by atoms with Gasteiger partial charge in [0.1, 0.15) is 12.0 Å². The van der Waals surface area contributed by atoms with Crippen molar-refractivity contribution in [2.75, 3.05) is 5.73 Å². The average molecular weight is 284 g/mol. The average Bonchev–Trinajstić information content (AvgIpc) is 3.10. The van der Waals surface area contributed by atoms with Crippen LogP contribution >= 0.6 is 0 Å². The third kappa shape index (κ3) is 2.58. The van der Waals surface area contributed by atoms with Gasteiger partial charge in [-0.05, 0) is 31.2 Å². The number of carbonyl (C=O) groups excluding carboxylic acids is 1. The molecule has 2 aromatic heterocycles. The molecule has 4 N–H and O–H groups in total. The number of amides is 1. The minimum atomic E-state index is -0.185. The van der Waals surface area contributed by atoms with Crippen molar-refractivity contribution in [1.29, 1.82) is 0 Å². The lowest BCUT2D eigenvalue weighted by Crippen LogP contribution is -2.24. The van der Waals surface area contributed by atoms with Crippen LogP contribution in [0.2, 0.25) is 0 Å². The third-order valence-electron chi connectivity index (χ3n) is 3.33. The first-order valence-electron chi connectivity index (χ1n) is 6.70. The monoisotopic (exact) mass is 284 g/mol. The van der Waals surface area contributed by atoms with E-state index in [9.17, 15) is 4.79 Å². The maximum Gasteiger partial charge on any atom is 0.268 e. The summed E-state index contributed by atoms with van der Waals surface area (Å²) < 4.78 is 1.88. The summed E-state index contributed by atoms with van der Waals surface area (Å²) in [5.74, 6) is 0.543. The summed E-state index contributed by atoms with van der Waals surface area (Å²) >= 11 is 0. The third-order valence-corrected chi connectivity index (χ3v) is 3.33. The number of carbonyl (C=O) groups is 1. The highest BCUT2D eigenvalue weighted by Gasteiger charge is 2.11. The van der Waals surface area contributed by atoms with Crippen molar-refractivity contribution >= 4 is 22.5 Å². The Labute approximate surface area is 121 Å². The lowest BCUT2D eigenvalue weighted by atomic mass is 10.2. The minimum absolute atomic E-state index is 0.185. The molecule has 1 amide bonds. The zero-order valence-electron chi connectivity index (χ0n) is 11.6. The predicted molar refractivity (Wildman–Crippen MR) is 79.6 cm³/mol. The van der Waals surface area contributed by atoms with Crippen LogP contribution in [-0.2, 0) is 13.1 Å². The number of hydrogen-bond donors (Lipinski definition) is 3. The topological polar surface area (TPSA) is 102 Å². The number of H-pyrrole nitrogens is 1. The summed E-state index contributed by atoms with van der Waals surface area (Å²) in [6.07, 6.45) is 1.65. The first-order chi connectivity index (χ1) is 10.2. The zero-order valence-corrected chi connectivity index (χ0v) is 11.6. The van der Waals surface area contributed by atoms with E-state index in [0.717, 1.165) is 23.3 Å². The number of aryl methyl sites for hydroxylation is 1. The first kappa shape index (κ1) is 13.2. The molecule has 0 fully saturated rings. The number of aromatic nitrogens is 4. The van der Waals surface area contributed by atoms with Gasteiger partial charge in [-0.25, -0.2) is 0 Å². The van der Waals surface area contributed by atoms with Gasteiger partial charge >= 0.3 is 0 Å². The Morgan fingerprint density at radius 3 is 3.10 bits per heavy atom. The molecule has 0 saturated heterocycles. The fraction of sp³-hybridized carbons (Fsp3) is 0.214. The molecule has 0 saturated carbocycles. The second kappa shape index (κ2) is 5.28. The van der Waals surface area contributed by atoms with Gasteiger partial charge in [0.2, 0.25) is 0 Å². The Morgan fingerprint density at radius 1 is 1.43 bits per heavy atom. The van der Waals surface area contributed by atoms with E-state index in [1.165, 1.54) is 0 Å². The van der Waals surface area contributed by atoms with E-state index in [0.29, 0.717) is 17.9 Å². The zero-order chi connectivity index (χ0) is 14.8. The molecule has 0 atom stereocenters. The summed E-state index contributed by atoms with van der Waals surface area (Å²) in [6.45, 7) is 3.10. The van der Waals surface area contributed by atoms with Crippen molar-refractivity contribution in [2.45, 2.75) is 20.0 Å². The van der Waals surface area contributed by atoms with Gasteiger partial charge in [0, 0.05) is 23.1 Å². The summed E-state index contributed by atoms with van der Waals surface area (Å²) in [6, 6.07) is 7.27. The molecule has 0 aliphatic carbocycles. The number of nitrogens with one attached hydrogen (secondary N) is 2. The standard InChI is InChI=1S/C14H16N6O/c1-2-20-8-17-19-13(20)7-16-14(21)12-6-9-5-10(15)3-4-11(9)18-12/h3-6,8,18H,2,7,15H2,1H3,(H,16,21). The van der Waals surface area contributed by atoms with Gasteiger partial charge < -0.3 is 20.6 Å². The van der Waals surface area contributed by atoms with E-state index >= 15 is 0 Å². The maximum absolute atomic E-state index is 12.2. The molecular weight excluding hydrogens is 268 g/mol. The van der Waals surface area contributed by atoms with E-state index in [2.05, 4.69) is 20.5 Å². The van der Waals surface area contributed by atoms with E-state index in [1.54, 1.807) is 18.5 Å². The number of benzene rings is 1. The van der Waals surface area contributed by atoms with Gasteiger partial charge in [0.25, 0.3) is 5.91 Å². The Bertz CT molecular complexity index is 788. The van der Waals surface area contributed by atoms with E-state index in [4.69, 9.17) is 5.73 Å². The molecular formula is C14H16N6O. The molecule has 21 heavy (non-hydrogen) atoms. The van der Waals surface area contributed by atoms with Crippen molar-refractivity contribution in [3.8, 4) is 0 Å². The lowest BCUT2D eigenvalue weighted by molar-refractivity contribution is 0.0945. The van der Waals surface area contributed by atoms with Gasteiger partial charge in [-0.3, -0.25) is 4.79 Å². The van der Waals surface area contributed by atoms with E-state index in [-0.39, 0.29) is 5.91 Å². The van der Waals surface area contributed by atoms with Gasteiger partial charge in [0.15, 0.2) is 5.82 Å². The maximum atomic E-state index is 12.2. The predicted octanol–water partition coefficient (Wildman–Crippen LogP) is 1.29. The van der Waals surface area contributed by atoms with Gasteiger partial charge in [-0.2, -0.15) is 0 Å². The van der Waals surface area contributed by atoms with Crippen LogP contribution in [0, 0.1) is 0 Å².